The highest BCUT2D eigenvalue weighted by molar-refractivity contribution is 5.97. The molecule has 9 aromatic carbocycles. The van der Waals surface area contributed by atoms with Gasteiger partial charge in [-0.1, -0.05) is 248 Å². The second kappa shape index (κ2) is 16.6. The highest BCUT2D eigenvalue weighted by atomic mass is 14.6. The second-order valence-corrected chi connectivity index (χ2v) is 19.9. The summed E-state index contributed by atoms with van der Waals surface area (Å²) in [6.45, 7) is 15.6. The number of hydrogen-bond donors (Lipinski definition) is 0. The van der Waals surface area contributed by atoms with Gasteiger partial charge in [-0.25, -0.2) is 0 Å². The van der Waals surface area contributed by atoms with Crippen LogP contribution in [0.3, 0.4) is 0 Å². The summed E-state index contributed by atoms with van der Waals surface area (Å²) in [7, 11) is 0. The maximum Gasteiger partial charge on any atom is 0.0685 e. The van der Waals surface area contributed by atoms with E-state index in [1.165, 1.54) is 116 Å². The molecule has 0 aromatic heterocycles. The first-order valence-electron chi connectivity index (χ1n) is 24.1. The maximum atomic E-state index is 2.48. The molecular weight excluding hydrogens is 805 g/mol. The van der Waals surface area contributed by atoms with E-state index in [0.717, 1.165) is 6.42 Å². The van der Waals surface area contributed by atoms with Crippen molar-refractivity contribution in [3.05, 3.63) is 273 Å². The standard InChI is InChI=1S/C28H24.C22H20.C17H14/c1-17-8-11-21-20-6-4-5-7-24(20)28(25(21)14-17)26-15-18(2)9-12-22(26)23-13-10-19(3)16-27(23)28;1-15-11-13-16(14-12-15)17-8-6-10-20-21(17)18-7-4-5-9-19(18)22(20,2)3;1-13-9-11-15(12-10-13)17-8-4-6-14-5-2-3-7-16(14)17/h4-12,14-16,23H,13H2,1-3H3;4-14H,1-3H3;2-12H,1H3. The third-order valence-electron chi connectivity index (χ3n) is 15.2. The quantitative estimate of drug-likeness (QED) is 0.162. The number of allylic oxidation sites excluding steroid dienone is 4. The molecule has 0 saturated heterocycles. The van der Waals surface area contributed by atoms with Crippen LogP contribution in [0, 0.1) is 27.7 Å². The molecule has 0 heteroatoms. The van der Waals surface area contributed by atoms with Gasteiger partial charge in [-0.05, 0) is 135 Å². The van der Waals surface area contributed by atoms with Gasteiger partial charge in [0.15, 0.2) is 0 Å². The van der Waals surface area contributed by atoms with Crippen LogP contribution in [0.2, 0.25) is 0 Å². The van der Waals surface area contributed by atoms with Crippen molar-refractivity contribution in [2.24, 2.45) is 0 Å². The largest absolute Gasteiger partial charge is 0.0807 e. The van der Waals surface area contributed by atoms with Gasteiger partial charge in [0.05, 0.1) is 5.41 Å². The number of benzene rings is 9. The van der Waals surface area contributed by atoms with Gasteiger partial charge in [-0.2, -0.15) is 0 Å². The van der Waals surface area contributed by atoms with Gasteiger partial charge in [0, 0.05) is 11.3 Å². The van der Waals surface area contributed by atoms with Crippen LogP contribution in [0.25, 0.3) is 55.3 Å². The molecule has 326 valence electrons. The van der Waals surface area contributed by atoms with Gasteiger partial charge >= 0.3 is 0 Å². The van der Waals surface area contributed by atoms with Crippen molar-refractivity contribution in [1.29, 1.82) is 0 Å². The molecule has 4 aliphatic carbocycles. The lowest BCUT2D eigenvalue weighted by Gasteiger charge is -2.33. The van der Waals surface area contributed by atoms with Gasteiger partial charge in [0.25, 0.3) is 0 Å². The molecule has 0 amide bonds. The number of hydrogen-bond acceptors (Lipinski definition) is 0. The van der Waals surface area contributed by atoms with Crippen LogP contribution in [-0.4, -0.2) is 0 Å². The van der Waals surface area contributed by atoms with Gasteiger partial charge < -0.3 is 0 Å². The Morgan fingerprint density at radius 3 is 1.67 bits per heavy atom. The van der Waals surface area contributed by atoms with E-state index in [0.29, 0.717) is 5.92 Å². The van der Waals surface area contributed by atoms with Crippen molar-refractivity contribution in [3.63, 3.8) is 0 Å². The van der Waals surface area contributed by atoms with Crippen molar-refractivity contribution in [2.75, 3.05) is 0 Å². The van der Waals surface area contributed by atoms with Crippen molar-refractivity contribution in [3.8, 4) is 44.5 Å². The van der Waals surface area contributed by atoms with Crippen LogP contribution in [-0.2, 0) is 10.8 Å². The monoisotopic (exact) mass is 862 g/mol. The summed E-state index contributed by atoms with van der Waals surface area (Å²) in [6.07, 6.45) is 6.01. The van der Waals surface area contributed by atoms with E-state index in [2.05, 4.69) is 255 Å². The van der Waals surface area contributed by atoms with Crippen molar-refractivity contribution in [2.45, 2.75) is 71.6 Å². The molecule has 4 aliphatic rings. The first kappa shape index (κ1) is 42.4. The van der Waals surface area contributed by atoms with E-state index in [4.69, 9.17) is 0 Å². The molecule has 0 N–H and O–H groups in total. The number of aryl methyl sites for hydroxylation is 4. The third-order valence-corrected chi connectivity index (χ3v) is 15.2. The van der Waals surface area contributed by atoms with Crippen molar-refractivity contribution in [1.82, 2.24) is 0 Å². The van der Waals surface area contributed by atoms with E-state index in [9.17, 15) is 0 Å². The van der Waals surface area contributed by atoms with Crippen molar-refractivity contribution < 1.29 is 0 Å². The van der Waals surface area contributed by atoms with E-state index < -0.39 is 0 Å². The average molecular weight is 863 g/mol. The number of rotatable bonds is 2. The predicted molar refractivity (Wildman–Crippen MR) is 285 cm³/mol. The summed E-state index contributed by atoms with van der Waals surface area (Å²) in [5.74, 6) is 0.485. The lowest BCUT2D eigenvalue weighted by atomic mass is 9.68. The Hall–Kier alpha value is -7.28. The lowest BCUT2D eigenvalue weighted by Crippen LogP contribution is -2.27. The van der Waals surface area contributed by atoms with Gasteiger partial charge in [-0.15, -0.1) is 0 Å². The topological polar surface area (TPSA) is 0 Å². The maximum absolute atomic E-state index is 2.48. The first-order valence-corrected chi connectivity index (χ1v) is 24.1. The summed E-state index contributed by atoms with van der Waals surface area (Å²) >= 11 is 0. The zero-order chi connectivity index (χ0) is 46.0. The van der Waals surface area contributed by atoms with Crippen LogP contribution < -0.4 is 0 Å². The van der Waals surface area contributed by atoms with Gasteiger partial charge in [-0.3, -0.25) is 0 Å². The summed E-state index contributed by atoms with van der Waals surface area (Å²) in [5, 5.41) is 2.62. The molecule has 9 aromatic rings. The van der Waals surface area contributed by atoms with E-state index >= 15 is 0 Å². The molecule has 0 radical (unpaired) electrons. The molecule has 67 heavy (non-hydrogen) atoms. The van der Waals surface area contributed by atoms with E-state index in [1.54, 1.807) is 5.57 Å². The minimum atomic E-state index is -0.139. The smallest absolute Gasteiger partial charge is 0.0685 e. The van der Waals surface area contributed by atoms with Crippen molar-refractivity contribution >= 4 is 10.8 Å². The minimum Gasteiger partial charge on any atom is -0.0807 e. The Morgan fingerprint density at radius 2 is 0.925 bits per heavy atom. The Labute approximate surface area is 398 Å². The second-order valence-electron chi connectivity index (χ2n) is 19.9. The van der Waals surface area contributed by atoms with E-state index in [1.807, 2.05) is 0 Å². The van der Waals surface area contributed by atoms with Crippen LogP contribution in [0.4, 0.5) is 0 Å². The summed E-state index contributed by atoms with van der Waals surface area (Å²) in [5.41, 5.74) is 27.9. The molecule has 13 rings (SSSR count). The zero-order valence-electron chi connectivity index (χ0n) is 39.9. The molecule has 0 fully saturated rings. The predicted octanol–water partition coefficient (Wildman–Crippen LogP) is 17.8. The Morgan fingerprint density at radius 1 is 0.403 bits per heavy atom. The molecule has 0 aliphatic heterocycles. The van der Waals surface area contributed by atoms with Crippen LogP contribution in [0.1, 0.15) is 88.7 Å². The lowest BCUT2D eigenvalue weighted by molar-refractivity contribution is 0.660. The highest BCUT2D eigenvalue weighted by Crippen LogP contribution is 2.65. The molecular formula is C67H58. The molecule has 0 bridgehead atoms. The molecule has 0 nitrogen and oxygen atoms in total. The minimum absolute atomic E-state index is 0.0760. The van der Waals surface area contributed by atoms with Gasteiger partial charge in [0.1, 0.15) is 0 Å². The first-order chi connectivity index (χ1) is 32.5. The molecule has 2 unspecified atom stereocenters. The van der Waals surface area contributed by atoms with Crippen LogP contribution >= 0.6 is 0 Å². The van der Waals surface area contributed by atoms with Gasteiger partial charge in [0.2, 0.25) is 0 Å². The summed E-state index contributed by atoms with van der Waals surface area (Å²) in [6, 6.07) is 71.4. The van der Waals surface area contributed by atoms with Crippen LogP contribution in [0.15, 0.2) is 217 Å². The molecule has 0 saturated carbocycles. The Bertz CT molecular complexity index is 3440. The Balaban J connectivity index is 0.000000114. The summed E-state index contributed by atoms with van der Waals surface area (Å²) in [4.78, 5) is 0. The van der Waals surface area contributed by atoms with E-state index in [-0.39, 0.29) is 10.8 Å². The fraction of sp³-hybridized carbons (Fsp3) is 0.164. The average Bonchev–Trinajstić information content (AvgIpc) is 3.89. The van der Waals surface area contributed by atoms with Crippen LogP contribution in [0.5, 0.6) is 0 Å². The molecule has 0 heterocycles. The SMILES string of the molecule is CC1=CCC2C(=C1)C1(c3ccccc3-c3ccc(C)cc31)c1cc(C)ccc12.Cc1ccc(-c2cccc3c2-c2ccccc2C3(C)C)cc1.Cc1ccc(-c2cccc3ccccc23)cc1. The fourth-order valence-corrected chi connectivity index (χ4v) is 11.9. The zero-order valence-corrected chi connectivity index (χ0v) is 39.9. The fourth-order valence-electron chi connectivity index (χ4n) is 11.9. The molecule has 1 spiro atoms. The normalized spacial score (nSPS) is 17.3. The molecule has 2 atom stereocenters. The third kappa shape index (κ3) is 6.96. The summed E-state index contributed by atoms with van der Waals surface area (Å²) < 4.78 is 0. The highest BCUT2D eigenvalue weighted by Gasteiger charge is 2.55. The number of fused-ring (bicyclic) bond motifs is 14. The Kier molecular flexibility index (Phi) is 10.5.